The largest absolute Gasteiger partial charge is 0.423 e. The molecule has 2 aromatic carbocycles. The second-order valence-electron chi connectivity index (χ2n) is 9.18. The van der Waals surface area contributed by atoms with Crippen molar-refractivity contribution in [3.63, 3.8) is 0 Å². The highest BCUT2D eigenvalue weighted by atomic mass is 19.4. The zero-order valence-electron chi connectivity index (χ0n) is 20.1. The molecule has 1 atom stereocenters. The molecule has 36 heavy (non-hydrogen) atoms. The lowest BCUT2D eigenvalue weighted by molar-refractivity contribution is -0.269. The maximum absolute atomic E-state index is 14.4. The van der Waals surface area contributed by atoms with Crippen LogP contribution >= 0.6 is 0 Å². The number of hydrogen-bond acceptors (Lipinski definition) is 4. The Balaban J connectivity index is 1.71. The van der Waals surface area contributed by atoms with Crippen molar-refractivity contribution in [1.82, 2.24) is 19.6 Å². The fraction of sp³-hybridized carbons (Fsp3) is 0.296. The Labute approximate surface area is 207 Å². The average Bonchev–Trinajstić information content (AvgIpc) is 3.26. The predicted molar refractivity (Wildman–Crippen MR) is 132 cm³/mol. The molecular weight excluding hydrogens is 472 g/mol. The van der Waals surface area contributed by atoms with Crippen molar-refractivity contribution in [3.8, 4) is 5.69 Å². The van der Waals surface area contributed by atoms with Crippen LogP contribution in [-0.2, 0) is 5.60 Å². The Bertz CT molecular complexity index is 1290. The molecule has 0 saturated heterocycles. The van der Waals surface area contributed by atoms with Crippen LogP contribution in [0.5, 0.6) is 0 Å². The molecule has 0 aliphatic carbocycles. The number of rotatable bonds is 6. The van der Waals surface area contributed by atoms with Crippen molar-refractivity contribution >= 4 is 10.9 Å². The maximum atomic E-state index is 14.4. The van der Waals surface area contributed by atoms with E-state index in [1.807, 2.05) is 31.1 Å². The van der Waals surface area contributed by atoms with Crippen LogP contribution in [0, 0.1) is 5.82 Å². The molecule has 0 spiro atoms. The molecule has 1 aliphatic heterocycles. The molecule has 1 N–H and O–H groups in total. The van der Waals surface area contributed by atoms with Crippen LogP contribution in [0.4, 0.5) is 17.6 Å². The number of allylic oxidation sites excluding steroid dienone is 3. The minimum atomic E-state index is -4.93. The fourth-order valence-electron chi connectivity index (χ4n) is 4.27. The van der Waals surface area contributed by atoms with Gasteiger partial charge in [-0.3, -0.25) is 0 Å². The molecule has 2 heterocycles. The van der Waals surface area contributed by atoms with E-state index in [0.29, 0.717) is 29.6 Å². The molecule has 1 unspecified atom stereocenters. The van der Waals surface area contributed by atoms with E-state index in [2.05, 4.69) is 5.10 Å². The van der Waals surface area contributed by atoms with Crippen LogP contribution in [0.1, 0.15) is 12.0 Å². The van der Waals surface area contributed by atoms with Gasteiger partial charge in [0.05, 0.1) is 23.9 Å². The van der Waals surface area contributed by atoms with Gasteiger partial charge in [-0.1, -0.05) is 30.4 Å². The van der Waals surface area contributed by atoms with Gasteiger partial charge in [0.25, 0.3) is 0 Å². The van der Waals surface area contributed by atoms with Gasteiger partial charge in [0.1, 0.15) is 5.82 Å². The highest BCUT2D eigenvalue weighted by Gasteiger charge is 2.55. The summed E-state index contributed by atoms with van der Waals surface area (Å²) in [5.74, 6) is -0.402. The number of benzene rings is 2. The van der Waals surface area contributed by atoms with E-state index in [9.17, 15) is 22.7 Å². The number of alkyl halides is 3. The molecule has 0 fully saturated rings. The Morgan fingerprint density at radius 3 is 2.44 bits per heavy atom. The minimum Gasteiger partial charge on any atom is -0.375 e. The number of aliphatic hydroxyl groups is 1. The van der Waals surface area contributed by atoms with Gasteiger partial charge in [0.15, 0.2) is 0 Å². The van der Waals surface area contributed by atoms with E-state index in [4.69, 9.17) is 0 Å². The highest BCUT2D eigenvalue weighted by molar-refractivity contribution is 5.81. The number of nitrogens with zero attached hydrogens (tertiary/aromatic N) is 4. The topological polar surface area (TPSA) is 44.5 Å². The van der Waals surface area contributed by atoms with Gasteiger partial charge < -0.3 is 14.9 Å². The van der Waals surface area contributed by atoms with E-state index < -0.39 is 24.1 Å². The van der Waals surface area contributed by atoms with Crippen molar-refractivity contribution in [2.75, 3.05) is 33.7 Å². The van der Waals surface area contributed by atoms with Gasteiger partial charge >= 0.3 is 6.18 Å². The number of aromatic nitrogens is 2. The molecule has 0 saturated carbocycles. The zero-order valence-corrected chi connectivity index (χ0v) is 20.1. The number of likely N-dealkylation sites (N-methyl/N-ethyl adjacent to an activating group) is 1. The third-order valence-electron chi connectivity index (χ3n) is 6.01. The molecule has 9 heteroatoms. The third-order valence-corrected chi connectivity index (χ3v) is 6.01. The van der Waals surface area contributed by atoms with E-state index in [0.717, 1.165) is 5.57 Å². The normalized spacial score (nSPS) is 19.8. The van der Waals surface area contributed by atoms with Crippen molar-refractivity contribution in [3.05, 3.63) is 96.1 Å². The maximum Gasteiger partial charge on any atom is 0.423 e. The van der Waals surface area contributed by atoms with Crippen LogP contribution in [0.25, 0.3) is 16.6 Å². The van der Waals surface area contributed by atoms with Gasteiger partial charge in [0.2, 0.25) is 5.60 Å². The van der Waals surface area contributed by atoms with Crippen LogP contribution in [-0.4, -0.2) is 64.6 Å². The molecule has 1 aliphatic rings. The van der Waals surface area contributed by atoms with Gasteiger partial charge in [-0.05, 0) is 68.1 Å². The highest BCUT2D eigenvalue weighted by Crippen LogP contribution is 2.41. The van der Waals surface area contributed by atoms with E-state index in [-0.39, 0.29) is 12.1 Å². The summed E-state index contributed by atoms with van der Waals surface area (Å²) in [6.07, 6.45) is 6.19. The van der Waals surface area contributed by atoms with E-state index >= 15 is 0 Å². The number of hydrogen-bond donors (Lipinski definition) is 1. The smallest absolute Gasteiger partial charge is 0.375 e. The van der Waals surface area contributed by atoms with E-state index in [1.165, 1.54) is 58.2 Å². The summed E-state index contributed by atoms with van der Waals surface area (Å²) < 4.78 is 58.1. The molecule has 5 nitrogen and oxygen atoms in total. The molecule has 0 amide bonds. The first-order valence-electron chi connectivity index (χ1n) is 11.5. The minimum absolute atomic E-state index is 0.213. The molecule has 190 valence electrons. The average molecular weight is 501 g/mol. The van der Waals surface area contributed by atoms with Crippen LogP contribution < -0.4 is 0 Å². The summed E-state index contributed by atoms with van der Waals surface area (Å²) in [5.41, 5.74) is -1.35. The Morgan fingerprint density at radius 2 is 1.75 bits per heavy atom. The van der Waals surface area contributed by atoms with Crippen LogP contribution in [0.3, 0.4) is 0 Å². The summed E-state index contributed by atoms with van der Waals surface area (Å²) in [5, 5.41) is 15.9. The third kappa shape index (κ3) is 5.52. The number of fused-ring (bicyclic) bond motifs is 1. The Morgan fingerprint density at radius 1 is 1.03 bits per heavy atom. The number of β-amino-alcohol motifs (C(OH)–C–C–N with tert-alkyl or cyclic N) is 1. The molecule has 0 radical (unpaired) electrons. The second kappa shape index (κ2) is 10.3. The summed E-state index contributed by atoms with van der Waals surface area (Å²) in [6.45, 7) is 0.125. The summed E-state index contributed by atoms with van der Waals surface area (Å²) >= 11 is 0. The number of halogens is 4. The Hall–Kier alpha value is -3.43. The van der Waals surface area contributed by atoms with Crippen LogP contribution in [0.2, 0.25) is 0 Å². The monoisotopic (exact) mass is 500 g/mol. The predicted octanol–water partition coefficient (Wildman–Crippen LogP) is 5.18. The fourth-order valence-corrected chi connectivity index (χ4v) is 4.27. The first kappa shape index (κ1) is 25.7. The Kier molecular flexibility index (Phi) is 7.33. The van der Waals surface area contributed by atoms with Gasteiger partial charge in [-0.2, -0.15) is 18.3 Å². The molecule has 0 bridgehead atoms. The summed E-state index contributed by atoms with van der Waals surface area (Å²) in [4.78, 5) is 3.45. The molecular formula is C27H28F4N4O. The van der Waals surface area contributed by atoms with Gasteiger partial charge in [-0.15, -0.1) is 0 Å². The lowest BCUT2D eigenvalue weighted by Gasteiger charge is -2.36. The first-order valence-corrected chi connectivity index (χ1v) is 11.5. The molecule has 3 aromatic rings. The summed E-state index contributed by atoms with van der Waals surface area (Å²) in [7, 11) is 3.79. The van der Waals surface area contributed by atoms with Crippen molar-refractivity contribution < 1.29 is 22.7 Å². The SMILES string of the molecule is CN(C)C/C1=C/N(CC(O)(c2ccc3c(cnn3-c3ccc(F)cc3)c2)C(F)(F)F)C/C=C\C=C/C1. The van der Waals surface area contributed by atoms with Gasteiger partial charge in [0, 0.05) is 24.7 Å². The summed E-state index contributed by atoms with van der Waals surface area (Å²) in [6, 6.07) is 9.72. The quantitative estimate of drug-likeness (QED) is 0.474. The van der Waals surface area contributed by atoms with E-state index in [1.54, 1.807) is 18.4 Å². The van der Waals surface area contributed by atoms with Crippen LogP contribution in [0.15, 0.2) is 84.7 Å². The van der Waals surface area contributed by atoms with Gasteiger partial charge in [-0.25, -0.2) is 9.07 Å². The van der Waals surface area contributed by atoms with Crippen molar-refractivity contribution in [1.29, 1.82) is 0 Å². The second-order valence-corrected chi connectivity index (χ2v) is 9.18. The van der Waals surface area contributed by atoms with Crippen molar-refractivity contribution in [2.24, 2.45) is 0 Å². The zero-order chi connectivity index (χ0) is 25.9. The molecule has 1 aromatic heterocycles. The van der Waals surface area contributed by atoms with Crippen molar-refractivity contribution in [2.45, 2.75) is 18.2 Å². The lowest BCUT2D eigenvalue weighted by atomic mass is 9.91. The molecule has 4 rings (SSSR count). The standard InChI is InChI=1S/C27H28F4N4O/c1-33(2)17-20-7-5-3-4-6-14-34(18-20)19-26(36,27(29,30)31)22-8-13-25-21(15-22)16-32-35(25)24-11-9-23(28)10-12-24/h3-6,8-13,15-16,18,36H,7,14,17,19H2,1-2H3/b5-3-,6-4-,20-18+. The first-order chi connectivity index (χ1) is 17.1. The lowest BCUT2D eigenvalue weighted by Crippen LogP contribution is -2.50.